The van der Waals surface area contributed by atoms with Crippen molar-refractivity contribution in [3.8, 4) is 0 Å². The summed E-state index contributed by atoms with van der Waals surface area (Å²) >= 11 is 1.28. The lowest BCUT2D eigenvalue weighted by Crippen LogP contribution is -2.11. The van der Waals surface area contributed by atoms with Crippen molar-refractivity contribution >= 4 is 17.3 Å². The topological polar surface area (TPSA) is 69.6 Å². The smallest absolute Gasteiger partial charge is 0.345 e. The predicted molar refractivity (Wildman–Crippen MR) is 74.2 cm³/mol. The second kappa shape index (κ2) is 6.47. The van der Waals surface area contributed by atoms with Gasteiger partial charge in [0.25, 0.3) is 0 Å². The molecule has 100 valence electrons. The highest BCUT2D eigenvalue weighted by Crippen LogP contribution is 2.16. The first-order chi connectivity index (χ1) is 9.19. The Balaban J connectivity index is 1.86. The molecule has 0 amide bonds. The van der Waals surface area contributed by atoms with Crippen molar-refractivity contribution in [2.45, 2.75) is 19.7 Å². The first-order valence-electron chi connectivity index (χ1n) is 5.90. The van der Waals surface area contributed by atoms with Crippen LogP contribution in [-0.2, 0) is 19.7 Å². The standard InChI is InChI=1S/C14H15NO3S/c16-9-11-3-1-2-10(6-11)7-15-8-12-4-5-13(19-12)14(17)18/h1-6,15-16H,7-9H2,(H,17,18). The highest BCUT2D eigenvalue weighted by atomic mass is 32.1. The van der Waals surface area contributed by atoms with Crippen molar-refractivity contribution in [2.24, 2.45) is 0 Å². The lowest BCUT2D eigenvalue weighted by atomic mass is 10.1. The van der Waals surface area contributed by atoms with E-state index in [2.05, 4.69) is 5.32 Å². The molecule has 1 aromatic heterocycles. The molecule has 0 saturated carbocycles. The number of aliphatic hydroxyl groups is 1. The summed E-state index contributed by atoms with van der Waals surface area (Å²) in [5, 5.41) is 21.1. The molecule has 19 heavy (non-hydrogen) atoms. The van der Waals surface area contributed by atoms with Crippen LogP contribution in [0.15, 0.2) is 36.4 Å². The van der Waals surface area contributed by atoms with Crippen LogP contribution in [0.3, 0.4) is 0 Å². The van der Waals surface area contributed by atoms with Crippen molar-refractivity contribution in [3.05, 3.63) is 57.3 Å². The fraction of sp³-hybridized carbons (Fsp3) is 0.214. The van der Waals surface area contributed by atoms with E-state index in [1.165, 1.54) is 11.3 Å². The molecule has 1 heterocycles. The molecule has 0 aliphatic carbocycles. The number of carbonyl (C=O) groups is 1. The summed E-state index contributed by atoms with van der Waals surface area (Å²) in [7, 11) is 0. The molecule has 0 saturated heterocycles. The third-order valence-electron chi connectivity index (χ3n) is 2.67. The number of nitrogens with one attached hydrogen (secondary N) is 1. The van der Waals surface area contributed by atoms with Crippen molar-refractivity contribution in [3.63, 3.8) is 0 Å². The Morgan fingerprint density at radius 2 is 1.95 bits per heavy atom. The first-order valence-corrected chi connectivity index (χ1v) is 6.72. The van der Waals surface area contributed by atoms with E-state index in [4.69, 9.17) is 10.2 Å². The quantitative estimate of drug-likeness (QED) is 0.757. The van der Waals surface area contributed by atoms with Crippen molar-refractivity contribution in [1.29, 1.82) is 0 Å². The van der Waals surface area contributed by atoms with Crippen LogP contribution >= 0.6 is 11.3 Å². The second-order valence-electron chi connectivity index (χ2n) is 4.15. The molecule has 0 aliphatic heterocycles. The minimum Gasteiger partial charge on any atom is -0.477 e. The van der Waals surface area contributed by atoms with Crippen LogP contribution in [0.2, 0.25) is 0 Å². The van der Waals surface area contributed by atoms with E-state index < -0.39 is 5.97 Å². The third kappa shape index (κ3) is 3.89. The van der Waals surface area contributed by atoms with Crippen molar-refractivity contribution < 1.29 is 15.0 Å². The average molecular weight is 277 g/mol. The second-order valence-corrected chi connectivity index (χ2v) is 5.32. The molecule has 0 atom stereocenters. The first kappa shape index (κ1) is 13.7. The number of carboxylic acid groups (broad SMARTS) is 1. The molecule has 2 rings (SSSR count). The van der Waals surface area contributed by atoms with Gasteiger partial charge < -0.3 is 15.5 Å². The number of hydrogen-bond acceptors (Lipinski definition) is 4. The van der Waals surface area contributed by atoms with Gasteiger partial charge in [-0.1, -0.05) is 24.3 Å². The molecule has 0 radical (unpaired) electrons. The lowest BCUT2D eigenvalue weighted by Gasteiger charge is -2.05. The maximum atomic E-state index is 10.7. The van der Waals surface area contributed by atoms with Crippen LogP contribution in [0.25, 0.3) is 0 Å². The molecule has 1 aromatic carbocycles. The van der Waals surface area contributed by atoms with Crippen LogP contribution in [0, 0.1) is 0 Å². The fourth-order valence-electron chi connectivity index (χ4n) is 1.76. The van der Waals surface area contributed by atoms with E-state index in [-0.39, 0.29) is 6.61 Å². The van der Waals surface area contributed by atoms with Crippen LogP contribution in [0.4, 0.5) is 0 Å². The van der Waals surface area contributed by atoms with Crippen molar-refractivity contribution in [2.75, 3.05) is 0 Å². The number of thiophene rings is 1. The van der Waals surface area contributed by atoms with E-state index in [9.17, 15) is 4.79 Å². The summed E-state index contributed by atoms with van der Waals surface area (Å²) in [4.78, 5) is 12.1. The Morgan fingerprint density at radius 3 is 2.63 bits per heavy atom. The average Bonchev–Trinajstić information content (AvgIpc) is 2.88. The Bertz CT molecular complexity index is 565. The van der Waals surface area contributed by atoms with Gasteiger partial charge in [0.2, 0.25) is 0 Å². The van der Waals surface area contributed by atoms with Crippen LogP contribution in [0.5, 0.6) is 0 Å². The molecule has 0 spiro atoms. The molecule has 2 aromatic rings. The number of aromatic carboxylic acids is 1. The molecule has 0 aliphatic rings. The summed E-state index contributed by atoms with van der Waals surface area (Å²) in [5.74, 6) is -0.883. The molecule has 4 nitrogen and oxygen atoms in total. The monoisotopic (exact) mass is 277 g/mol. The Labute approximate surface area is 115 Å². The van der Waals surface area contributed by atoms with Crippen LogP contribution < -0.4 is 5.32 Å². The van der Waals surface area contributed by atoms with E-state index in [1.54, 1.807) is 6.07 Å². The van der Waals surface area contributed by atoms with Gasteiger partial charge in [-0.3, -0.25) is 0 Å². The minimum absolute atomic E-state index is 0.0424. The van der Waals surface area contributed by atoms with Gasteiger partial charge >= 0.3 is 5.97 Å². The van der Waals surface area contributed by atoms with Crippen LogP contribution in [-0.4, -0.2) is 16.2 Å². The van der Waals surface area contributed by atoms with Gasteiger partial charge in [0.05, 0.1) is 6.61 Å². The summed E-state index contributed by atoms with van der Waals surface area (Å²) in [6, 6.07) is 11.2. The molecular weight excluding hydrogens is 262 g/mol. The zero-order chi connectivity index (χ0) is 13.7. The Kier molecular flexibility index (Phi) is 4.68. The molecule has 0 bridgehead atoms. The largest absolute Gasteiger partial charge is 0.477 e. The van der Waals surface area contributed by atoms with Gasteiger partial charge in [-0.05, 0) is 23.3 Å². The predicted octanol–water partition coefficient (Wildman–Crippen LogP) is 2.23. The van der Waals surface area contributed by atoms with E-state index in [0.29, 0.717) is 18.0 Å². The molecule has 3 N–H and O–H groups in total. The van der Waals surface area contributed by atoms with E-state index in [1.807, 2.05) is 30.3 Å². The van der Waals surface area contributed by atoms with Gasteiger partial charge in [0.1, 0.15) is 4.88 Å². The van der Waals surface area contributed by atoms with E-state index >= 15 is 0 Å². The number of aliphatic hydroxyl groups excluding tert-OH is 1. The maximum absolute atomic E-state index is 10.7. The van der Waals surface area contributed by atoms with Gasteiger partial charge in [0, 0.05) is 18.0 Å². The normalized spacial score (nSPS) is 10.6. The SMILES string of the molecule is O=C(O)c1ccc(CNCc2cccc(CO)c2)s1. The Morgan fingerprint density at radius 1 is 1.16 bits per heavy atom. The van der Waals surface area contributed by atoms with E-state index in [0.717, 1.165) is 16.0 Å². The van der Waals surface area contributed by atoms with Crippen LogP contribution in [0.1, 0.15) is 25.7 Å². The summed E-state index contributed by atoms with van der Waals surface area (Å²) < 4.78 is 0. The number of carboxylic acids is 1. The van der Waals surface area contributed by atoms with Crippen molar-refractivity contribution in [1.82, 2.24) is 5.32 Å². The zero-order valence-electron chi connectivity index (χ0n) is 10.3. The highest BCUT2D eigenvalue weighted by molar-refractivity contribution is 7.13. The van der Waals surface area contributed by atoms with Gasteiger partial charge in [-0.15, -0.1) is 11.3 Å². The van der Waals surface area contributed by atoms with Gasteiger partial charge in [-0.25, -0.2) is 4.79 Å². The van der Waals surface area contributed by atoms with Gasteiger partial charge in [-0.2, -0.15) is 0 Å². The summed E-state index contributed by atoms with van der Waals surface area (Å²) in [6.07, 6.45) is 0. The third-order valence-corrected chi connectivity index (χ3v) is 3.75. The summed E-state index contributed by atoms with van der Waals surface area (Å²) in [6.45, 7) is 1.37. The number of rotatable bonds is 6. The highest BCUT2D eigenvalue weighted by Gasteiger charge is 2.06. The lowest BCUT2D eigenvalue weighted by molar-refractivity contribution is 0.0702. The molecule has 0 fully saturated rings. The number of benzene rings is 1. The minimum atomic E-state index is -0.883. The molecule has 5 heteroatoms. The summed E-state index contributed by atoms with van der Waals surface area (Å²) in [5.41, 5.74) is 1.99. The Hall–Kier alpha value is -1.69. The molecular formula is C14H15NO3S. The maximum Gasteiger partial charge on any atom is 0.345 e. The zero-order valence-corrected chi connectivity index (χ0v) is 11.1. The van der Waals surface area contributed by atoms with Gasteiger partial charge in [0.15, 0.2) is 0 Å². The molecule has 0 unspecified atom stereocenters. The number of hydrogen-bond donors (Lipinski definition) is 3. The fourth-order valence-corrected chi connectivity index (χ4v) is 2.57.